The average Bonchev–Trinajstić information content (AvgIpc) is 2.67. The number of hydrogen-bond acceptors (Lipinski definition) is 6. The maximum atomic E-state index is 12.8. The van der Waals surface area contributed by atoms with E-state index in [-0.39, 0.29) is 12.5 Å². The van der Waals surface area contributed by atoms with E-state index < -0.39 is 17.9 Å². The predicted octanol–water partition coefficient (Wildman–Crippen LogP) is 1.34. The zero-order chi connectivity index (χ0) is 19.4. The van der Waals surface area contributed by atoms with Crippen molar-refractivity contribution in [2.45, 2.75) is 26.8 Å². The number of likely N-dealkylation sites (N-methyl/N-ethyl adjacent to an activating group) is 1. The highest BCUT2D eigenvalue weighted by molar-refractivity contribution is 6.08. The van der Waals surface area contributed by atoms with E-state index in [4.69, 9.17) is 9.73 Å². The molecule has 7 heteroatoms. The summed E-state index contributed by atoms with van der Waals surface area (Å²) in [6, 6.07) is 7.23. The second-order valence-corrected chi connectivity index (χ2v) is 6.95. The molecule has 1 aromatic rings. The molecule has 2 aliphatic rings. The lowest BCUT2D eigenvalue weighted by atomic mass is 9.90. The van der Waals surface area contributed by atoms with Crippen LogP contribution in [-0.4, -0.2) is 67.0 Å². The van der Waals surface area contributed by atoms with E-state index in [0.717, 1.165) is 43.9 Å². The van der Waals surface area contributed by atoms with Gasteiger partial charge in [0.1, 0.15) is 6.04 Å². The molecule has 2 aliphatic heterocycles. The molecular weight excluding hydrogens is 344 g/mol. The fourth-order valence-corrected chi connectivity index (χ4v) is 3.60. The van der Waals surface area contributed by atoms with Crippen LogP contribution in [0.3, 0.4) is 0 Å². The number of nitrogens with one attached hydrogen (secondary N) is 1. The largest absolute Gasteiger partial charge is 0.465 e. The molecule has 1 amide bonds. The van der Waals surface area contributed by atoms with Crippen LogP contribution < -0.4 is 5.32 Å². The van der Waals surface area contributed by atoms with Crippen LogP contribution in [0, 0.1) is 12.8 Å². The number of nitrogens with zero attached hydrogens (tertiary/aromatic N) is 3. The number of hydrogen-bond donors (Lipinski definition) is 1. The Morgan fingerprint density at radius 3 is 2.63 bits per heavy atom. The van der Waals surface area contributed by atoms with Gasteiger partial charge in [-0.2, -0.15) is 0 Å². The maximum Gasteiger partial charge on any atom is 0.321 e. The number of guanidine groups is 1. The highest BCUT2D eigenvalue weighted by Gasteiger charge is 2.42. The summed E-state index contributed by atoms with van der Waals surface area (Å²) in [5.41, 5.74) is 1.92. The van der Waals surface area contributed by atoms with Gasteiger partial charge in [0.2, 0.25) is 11.9 Å². The molecule has 0 unspecified atom stereocenters. The summed E-state index contributed by atoms with van der Waals surface area (Å²) < 4.78 is 5.15. The Hall–Kier alpha value is -2.41. The molecule has 0 bridgehead atoms. The lowest BCUT2D eigenvalue weighted by Crippen LogP contribution is -2.57. The van der Waals surface area contributed by atoms with Crippen molar-refractivity contribution in [2.75, 3.05) is 39.3 Å². The molecule has 27 heavy (non-hydrogen) atoms. The monoisotopic (exact) mass is 372 g/mol. The molecule has 1 fully saturated rings. The van der Waals surface area contributed by atoms with E-state index >= 15 is 0 Å². The van der Waals surface area contributed by atoms with E-state index in [1.54, 1.807) is 6.92 Å². The maximum absolute atomic E-state index is 12.8. The number of ether oxygens (including phenoxy) is 1. The van der Waals surface area contributed by atoms with Gasteiger partial charge in [-0.3, -0.25) is 14.9 Å². The molecule has 0 aromatic heterocycles. The Morgan fingerprint density at radius 2 is 2.00 bits per heavy atom. The Labute approximate surface area is 160 Å². The molecule has 1 aromatic carbocycles. The number of piperazine rings is 1. The summed E-state index contributed by atoms with van der Waals surface area (Å²) in [6.07, 6.45) is 0. The summed E-state index contributed by atoms with van der Waals surface area (Å²) in [5.74, 6) is -1.28. The van der Waals surface area contributed by atoms with Gasteiger partial charge in [-0.1, -0.05) is 36.8 Å². The van der Waals surface area contributed by atoms with Gasteiger partial charge in [-0.15, -0.1) is 0 Å². The average molecular weight is 372 g/mol. The first-order valence-electron chi connectivity index (χ1n) is 9.62. The number of rotatable bonds is 4. The smallest absolute Gasteiger partial charge is 0.321 e. The highest BCUT2D eigenvalue weighted by atomic mass is 16.5. The number of carbonyl (C=O) groups excluding carboxylic acids is 2. The molecule has 1 saturated heterocycles. The number of amides is 1. The number of esters is 1. The van der Waals surface area contributed by atoms with Gasteiger partial charge >= 0.3 is 5.97 Å². The van der Waals surface area contributed by atoms with Crippen molar-refractivity contribution in [1.82, 2.24) is 15.1 Å². The molecule has 3 rings (SSSR count). The molecule has 2 atom stereocenters. The lowest BCUT2D eigenvalue weighted by Gasteiger charge is -2.38. The van der Waals surface area contributed by atoms with Gasteiger partial charge in [-0.05, 0) is 26.0 Å². The molecule has 0 aliphatic carbocycles. The van der Waals surface area contributed by atoms with Crippen LogP contribution in [-0.2, 0) is 14.3 Å². The fourth-order valence-electron chi connectivity index (χ4n) is 3.60. The van der Waals surface area contributed by atoms with Crippen molar-refractivity contribution in [3.8, 4) is 0 Å². The molecule has 2 heterocycles. The van der Waals surface area contributed by atoms with Gasteiger partial charge in [0.05, 0.1) is 6.61 Å². The van der Waals surface area contributed by atoms with Crippen LogP contribution in [0.25, 0.3) is 0 Å². The van der Waals surface area contributed by atoms with Gasteiger partial charge in [0.15, 0.2) is 5.92 Å². The van der Waals surface area contributed by atoms with Gasteiger partial charge in [0.25, 0.3) is 0 Å². The van der Waals surface area contributed by atoms with Crippen molar-refractivity contribution in [2.24, 2.45) is 10.9 Å². The van der Waals surface area contributed by atoms with Crippen LogP contribution >= 0.6 is 0 Å². The minimum Gasteiger partial charge on any atom is -0.465 e. The summed E-state index contributed by atoms with van der Waals surface area (Å²) in [4.78, 5) is 34.5. The standard InChI is InChI=1S/C20H28N4O3/c1-4-23-9-11-24(12-10-23)20-21-17(15-8-6-7-14(3)13-15)16(18(25)22-20)19(26)27-5-2/h6-8,13,16-17H,4-5,9-12H2,1-3H3,(H,21,22,25)/t16-,17-/m0/s1. The number of carbonyl (C=O) groups is 2. The first kappa shape index (κ1) is 19.4. The van der Waals surface area contributed by atoms with E-state index in [1.165, 1.54) is 0 Å². The summed E-state index contributed by atoms with van der Waals surface area (Å²) in [7, 11) is 0. The Morgan fingerprint density at radius 1 is 1.26 bits per heavy atom. The normalized spacial score (nSPS) is 23.6. The minimum absolute atomic E-state index is 0.235. The summed E-state index contributed by atoms with van der Waals surface area (Å²) >= 11 is 0. The van der Waals surface area contributed by atoms with Crippen LogP contribution in [0.5, 0.6) is 0 Å². The van der Waals surface area contributed by atoms with Crippen molar-refractivity contribution in [3.63, 3.8) is 0 Å². The van der Waals surface area contributed by atoms with Crippen LogP contribution in [0.2, 0.25) is 0 Å². The van der Waals surface area contributed by atoms with Crippen molar-refractivity contribution >= 4 is 17.8 Å². The third-order valence-electron chi connectivity index (χ3n) is 5.14. The van der Waals surface area contributed by atoms with Crippen molar-refractivity contribution in [3.05, 3.63) is 35.4 Å². The molecule has 0 spiro atoms. The minimum atomic E-state index is -0.965. The number of aliphatic imine (C=N–C) groups is 1. The quantitative estimate of drug-likeness (QED) is 0.638. The highest BCUT2D eigenvalue weighted by Crippen LogP contribution is 2.31. The molecule has 0 saturated carbocycles. The molecule has 0 radical (unpaired) electrons. The van der Waals surface area contributed by atoms with Gasteiger partial charge < -0.3 is 14.5 Å². The third kappa shape index (κ3) is 4.30. The first-order chi connectivity index (χ1) is 13.0. The van der Waals surface area contributed by atoms with E-state index in [9.17, 15) is 9.59 Å². The Balaban J connectivity index is 1.91. The number of benzene rings is 1. The topological polar surface area (TPSA) is 74.2 Å². The zero-order valence-corrected chi connectivity index (χ0v) is 16.3. The van der Waals surface area contributed by atoms with Crippen molar-refractivity contribution in [1.29, 1.82) is 0 Å². The molecule has 7 nitrogen and oxygen atoms in total. The Kier molecular flexibility index (Phi) is 6.11. The van der Waals surface area contributed by atoms with Crippen LogP contribution in [0.15, 0.2) is 29.3 Å². The molecular formula is C20H28N4O3. The Bertz CT molecular complexity index is 726. The van der Waals surface area contributed by atoms with E-state index in [2.05, 4.69) is 22.0 Å². The zero-order valence-electron chi connectivity index (χ0n) is 16.3. The van der Waals surface area contributed by atoms with E-state index in [1.807, 2.05) is 31.2 Å². The summed E-state index contributed by atoms with van der Waals surface area (Å²) in [5, 5.41) is 2.84. The number of aryl methyl sites for hydroxylation is 1. The second-order valence-electron chi connectivity index (χ2n) is 6.95. The molecule has 146 valence electrons. The predicted molar refractivity (Wildman–Crippen MR) is 103 cm³/mol. The second kappa shape index (κ2) is 8.52. The first-order valence-corrected chi connectivity index (χ1v) is 9.62. The van der Waals surface area contributed by atoms with E-state index in [0.29, 0.717) is 5.96 Å². The van der Waals surface area contributed by atoms with Gasteiger partial charge in [-0.25, -0.2) is 4.99 Å². The fraction of sp³-hybridized carbons (Fsp3) is 0.550. The summed E-state index contributed by atoms with van der Waals surface area (Å²) in [6.45, 7) is 10.6. The lowest BCUT2D eigenvalue weighted by molar-refractivity contribution is -0.153. The SMILES string of the molecule is CCOC(=O)[C@@H]1C(=O)NC(N2CCN(CC)CC2)=N[C@H]1c1cccc(C)c1. The molecule has 1 N–H and O–H groups in total. The van der Waals surface area contributed by atoms with Crippen molar-refractivity contribution < 1.29 is 14.3 Å². The third-order valence-corrected chi connectivity index (χ3v) is 5.14. The van der Waals surface area contributed by atoms with Crippen LogP contribution in [0.4, 0.5) is 0 Å². The van der Waals surface area contributed by atoms with Gasteiger partial charge in [0, 0.05) is 26.2 Å². The van der Waals surface area contributed by atoms with Crippen LogP contribution in [0.1, 0.15) is 31.0 Å².